The van der Waals surface area contributed by atoms with Gasteiger partial charge in [0.2, 0.25) is 0 Å². The number of carbonyl (C=O) groups is 2. The smallest absolute Gasteiger partial charge is 0.408 e. The van der Waals surface area contributed by atoms with Gasteiger partial charge in [-0.3, -0.25) is 0 Å². The van der Waals surface area contributed by atoms with Crippen molar-refractivity contribution in [2.75, 3.05) is 0 Å². The number of nitrogens with one attached hydrogen (secondary N) is 1. The van der Waals surface area contributed by atoms with Gasteiger partial charge in [-0.15, -0.1) is 0 Å². The van der Waals surface area contributed by atoms with E-state index < -0.39 is 37.1 Å². The second-order valence-electron chi connectivity index (χ2n) is 4.58. The highest BCUT2D eigenvalue weighted by Gasteiger charge is 2.24. The fourth-order valence-corrected chi connectivity index (χ4v) is 1.63. The van der Waals surface area contributed by atoms with Crippen LogP contribution in [0.3, 0.4) is 0 Å². The second kappa shape index (κ2) is 8.93. The number of alkyl halides is 2. The van der Waals surface area contributed by atoms with E-state index in [4.69, 9.17) is 14.9 Å². The molecule has 0 radical (unpaired) electrons. The SMILES string of the molecule is O=C(N[C@H](CC[C@@H](O)C(F)F)C(=O)O)OCc1ccccc1. The third kappa shape index (κ3) is 6.49. The number of alkyl carbamates (subject to hydrolysis) is 1. The van der Waals surface area contributed by atoms with E-state index in [1.165, 1.54) is 0 Å². The molecule has 1 aromatic carbocycles. The maximum atomic E-state index is 12.1. The Morgan fingerprint density at radius 3 is 2.36 bits per heavy atom. The summed E-state index contributed by atoms with van der Waals surface area (Å²) in [5.74, 6) is -1.39. The number of hydrogen-bond donors (Lipinski definition) is 3. The average Bonchev–Trinajstić information content (AvgIpc) is 2.49. The van der Waals surface area contributed by atoms with Crippen LogP contribution in [-0.2, 0) is 16.1 Å². The summed E-state index contributed by atoms with van der Waals surface area (Å²) in [5.41, 5.74) is 0.720. The molecule has 122 valence electrons. The Morgan fingerprint density at radius 1 is 1.18 bits per heavy atom. The van der Waals surface area contributed by atoms with Gasteiger partial charge in [0.1, 0.15) is 18.8 Å². The van der Waals surface area contributed by atoms with E-state index in [0.717, 1.165) is 5.56 Å². The van der Waals surface area contributed by atoms with Crippen LogP contribution in [0.15, 0.2) is 30.3 Å². The van der Waals surface area contributed by atoms with Gasteiger partial charge in [0.15, 0.2) is 0 Å². The maximum absolute atomic E-state index is 12.1. The lowest BCUT2D eigenvalue weighted by molar-refractivity contribution is -0.139. The Morgan fingerprint density at radius 2 is 1.82 bits per heavy atom. The number of halogens is 2. The number of ether oxygens (including phenoxy) is 1. The summed E-state index contributed by atoms with van der Waals surface area (Å²) in [6.45, 7) is -0.0430. The molecule has 1 aromatic rings. The van der Waals surface area contributed by atoms with Gasteiger partial charge in [-0.05, 0) is 18.4 Å². The quantitative estimate of drug-likeness (QED) is 0.679. The van der Waals surface area contributed by atoms with Crippen molar-refractivity contribution in [2.24, 2.45) is 0 Å². The molecule has 0 aliphatic carbocycles. The molecule has 0 heterocycles. The van der Waals surface area contributed by atoms with Gasteiger partial charge in [0.05, 0.1) is 0 Å². The Labute approximate surface area is 125 Å². The van der Waals surface area contributed by atoms with Crippen molar-refractivity contribution in [1.29, 1.82) is 0 Å². The van der Waals surface area contributed by atoms with Crippen molar-refractivity contribution in [3.63, 3.8) is 0 Å². The minimum atomic E-state index is -2.96. The van der Waals surface area contributed by atoms with Gasteiger partial charge in [-0.25, -0.2) is 18.4 Å². The molecule has 1 rings (SSSR count). The van der Waals surface area contributed by atoms with Crippen molar-refractivity contribution < 1.29 is 33.3 Å². The third-order valence-electron chi connectivity index (χ3n) is 2.84. The van der Waals surface area contributed by atoms with Crippen LogP contribution < -0.4 is 5.32 Å². The highest BCUT2D eigenvalue weighted by Crippen LogP contribution is 2.10. The fraction of sp³-hybridized carbons (Fsp3) is 0.429. The molecule has 0 spiro atoms. The van der Waals surface area contributed by atoms with E-state index >= 15 is 0 Å². The molecule has 0 bridgehead atoms. The molecular formula is C14H17F2NO5. The summed E-state index contributed by atoms with van der Waals surface area (Å²) in [7, 11) is 0. The first-order valence-corrected chi connectivity index (χ1v) is 6.56. The zero-order valence-corrected chi connectivity index (χ0v) is 11.6. The number of carboxylic acids is 1. The standard InChI is InChI=1S/C14H17F2NO5/c15-12(16)11(18)7-6-10(13(19)20)17-14(21)22-8-9-4-2-1-3-5-9/h1-5,10-12,18H,6-8H2,(H,17,21)(H,19,20)/t10-,11-/m1/s1. The van der Waals surface area contributed by atoms with E-state index in [2.05, 4.69) is 5.32 Å². The second-order valence-corrected chi connectivity index (χ2v) is 4.58. The van der Waals surface area contributed by atoms with E-state index in [1.54, 1.807) is 30.3 Å². The van der Waals surface area contributed by atoms with Crippen molar-refractivity contribution >= 4 is 12.1 Å². The molecule has 0 fully saturated rings. The molecule has 0 aliphatic rings. The summed E-state index contributed by atoms with van der Waals surface area (Å²) in [5, 5.41) is 19.9. The van der Waals surface area contributed by atoms with Gasteiger partial charge >= 0.3 is 12.1 Å². The summed E-state index contributed by atoms with van der Waals surface area (Å²) >= 11 is 0. The Balaban J connectivity index is 2.42. The van der Waals surface area contributed by atoms with E-state index in [1.807, 2.05) is 0 Å². The van der Waals surface area contributed by atoms with E-state index in [0.29, 0.717) is 0 Å². The van der Waals surface area contributed by atoms with Crippen molar-refractivity contribution in [3.8, 4) is 0 Å². The molecule has 0 aliphatic heterocycles. The zero-order chi connectivity index (χ0) is 16.5. The van der Waals surface area contributed by atoms with Crippen LogP contribution in [0.4, 0.5) is 13.6 Å². The molecule has 22 heavy (non-hydrogen) atoms. The first-order chi connectivity index (χ1) is 10.4. The van der Waals surface area contributed by atoms with Gasteiger partial charge in [-0.2, -0.15) is 0 Å². The predicted octanol–water partition coefficient (Wildman–Crippen LogP) is 1.77. The highest BCUT2D eigenvalue weighted by molar-refractivity contribution is 5.79. The summed E-state index contributed by atoms with van der Waals surface area (Å²) in [6, 6.07) is 7.34. The predicted molar refractivity (Wildman–Crippen MR) is 72.4 cm³/mol. The first-order valence-electron chi connectivity index (χ1n) is 6.56. The highest BCUT2D eigenvalue weighted by atomic mass is 19.3. The molecule has 8 heteroatoms. The molecule has 0 unspecified atom stereocenters. The minimum Gasteiger partial charge on any atom is -0.480 e. The molecule has 0 aromatic heterocycles. The largest absolute Gasteiger partial charge is 0.480 e. The summed E-state index contributed by atoms with van der Waals surface area (Å²) < 4.78 is 29.1. The summed E-state index contributed by atoms with van der Waals surface area (Å²) in [6.07, 6.45) is -6.64. The number of aliphatic hydroxyl groups excluding tert-OH is 1. The topological polar surface area (TPSA) is 95.9 Å². The lowest BCUT2D eigenvalue weighted by Gasteiger charge is -2.16. The van der Waals surface area contributed by atoms with Gasteiger partial charge in [0, 0.05) is 0 Å². The molecule has 6 nitrogen and oxygen atoms in total. The maximum Gasteiger partial charge on any atom is 0.408 e. The van der Waals surface area contributed by atoms with Gasteiger partial charge in [0.25, 0.3) is 6.43 Å². The number of benzene rings is 1. The minimum absolute atomic E-state index is 0.0430. The molecule has 3 N–H and O–H groups in total. The number of carboxylic acid groups (broad SMARTS) is 1. The zero-order valence-electron chi connectivity index (χ0n) is 11.6. The van der Waals surface area contributed by atoms with Crippen LogP contribution in [0, 0.1) is 0 Å². The van der Waals surface area contributed by atoms with Crippen molar-refractivity contribution in [1.82, 2.24) is 5.32 Å². The normalized spacial score (nSPS) is 13.5. The lowest BCUT2D eigenvalue weighted by Crippen LogP contribution is -2.41. The van der Waals surface area contributed by atoms with Crippen LogP contribution in [0.5, 0.6) is 0 Å². The molecular weight excluding hydrogens is 300 g/mol. The van der Waals surface area contributed by atoms with Crippen LogP contribution in [0.2, 0.25) is 0 Å². The van der Waals surface area contributed by atoms with Crippen LogP contribution in [0.25, 0.3) is 0 Å². The van der Waals surface area contributed by atoms with Gasteiger partial charge in [-0.1, -0.05) is 30.3 Å². The molecule has 0 saturated heterocycles. The third-order valence-corrected chi connectivity index (χ3v) is 2.84. The molecule has 2 atom stereocenters. The Bertz CT molecular complexity index is 483. The van der Waals surface area contributed by atoms with Crippen LogP contribution >= 0.6 is 0 Å². The molecule has 0 saturated carbocycles. The number of amides is 1. The van der Waals surface area contributed by atoms with Crippen molar-refractivity contribution in [2.45, 2.75) is 38.0 Å². The number of aliphatic hydroxyl groups is 1. The van der Waals surface area contributed by atoms with Crippen LogP contribution in [0.1, 0.15) is 18.4 Å². The monoisotopic (exact) mass is 317 g/mol. The van der Waals surface area contributed by atoms with Crippen LogP contribution in [-0.4, -0.2) is 40.8 Å². The fourth-order valence-electron chi connectivity index (χ4n) is 1.63. The number of aliphatic carboxylic acids is 1. The summed E-state index contributed by atoms with van der Waals surface area (Å²) in [4.78, 5) is 22.5. The van der Waals surface area contributed by atoms with E-state index in [9.17, 15) is 18.4 Å². The average molecular weight is 317 g/mol. The number of hydrogen-bond acceptors (Lipinski definition) is 4. The molecule has 1 amide bonds. The number of carbonyl (C=O) groups excluding carboxylic acids is 1. The lowest BCUT2D eigenvalue weighted by atomic mass is 10.1. The van der Waals surface area contributed by atoms with Gasteiger partial charge < -0.3 is 20.3 Å². The van der Waals surface area contributed by atoms with E-state index in [-0.39, 0.29) is 13.0 Å². The Hall–Kier alpha value is -2.22. The number of rotatable bonds is 8. The van der Waals surface area contributed by atoms with Crippen molar-refractivity contribution in [3.05, 3.63) is 35.9 Å². The first kappa shape index (κ1) is 17.8. The Kier molecular flexibility index (Phi) is 7.24.